The van der Waals surface area contributed by atoms with Crippen molar-refractivity contribution in [2.75, 3.05) is 31.7 Å². The fourth-order valence-electron chi connectivity index (χ4n) is 2.51. The first-order valence-electron chi connectivity index (χ1n) is 6.64. The SMILES string of the molecule is CN(CC1(O)CCOCC1)c1ccccc1/C(N)=N/O. The van der Waals surface area contributed by atoms with E-state index in [4.69, 9.17) is 15.7 Å². The summed E-state index contributed by atoms with van der Waals surface area (Å²) in [4.78, 5) is 1.93. The van der Waals surface area contributed by atoms with Crippen LogP contribution < -0.4 is 10.6 Å². The Bertz CT molecular complexity index is 484. The van der Waals surface area contributed by atoms with Gasteiger partial charge in [-0.3, -0.25) is 0 Å². The Kier molecular flexibility index (Phi) is 4.46. The van der Waals surface area contributed by atoms with Crippen molar-refractivity contribution in [2.24, 2.45) is 10.9 Å². The summed E-state index contributed by atoms with van der Waals surface area (Å²) in [6.07, 6.45) is 1.23. The van der Waals surface area contributed by atoms with Gasteiger partial charge in [-0.2, -0.15) is 0 Å². The largest absolute Gasteiger partial charge is 0.409 e. The van der Waals surface area contributed by atoms with E-state index in [1.165, 1.54) is 0 Å². The van der Waals surface area contributed by atoms with E-state index in [0.717, 1.165) is 5.69 Å². The number of hydrogen-bond acceptors (Lipinski definition) is 5. The smallest absolute Gasteiger partial charge is 0.172 e. The van der Waals surface area contributed by atoms with Crippen LogP contribution in [0.2, 0.25) is 0 Å². The van der Waals surface area contributed by atoms with Crippen molar-refractivity contribution in [3.8, 4) is 0 Å². The number of nitrogens with two attached hydrogens (primary N) is 1. The lowest BCUT2D eigenvalue weighted by Crippen LogP contribution is -2.46. The highest BCUT2D eigenvalue weighted by Gasteiger charge is 2.31. The normalized spacial score (nSPS) is 18.8. The molecule has 2 rings (SSSR count). The van der Waals surface area contributed by atoms with Crippen molar-refractivity contribution in [3.05, 3.63) is 29.8 Å². The summed E-state index contributed by atoms with van der Waals surface area (Å²) in [5.74, 6) is 0.0615. The molecule has 0 aliphatic carbocycles. The summed E-state index contributed by atoms with van der Waals surface area (Å²) in [7, 11) is 1.89. The molecule has 110 valence electrons. The minimum absolute atomic E-state index is 0.0615. The highest BCUT2D eigenvalue weighted by molar-refractivity contribution is 6.02. The number of para-hydroxylation sites is 1. The molecule has 0 bridgehead atoms. The molecule has 1 fully saturated rings. The fourth-order valence-corrected chi connectivity index (χ4v) is 2.51. The average molecular weight is 279 g/mol. The molecular formula is C14H21N3O3. The molecule has 0 spiro atoms. The van der Waals surface area contributed by atoms with E-state index in [2.05, 4.69) is 5.16 Å². The molecule has 1 aromatic carbocycles. The monoisotopic (exact) mass is 279 g/mol. The zero-order valence-corrected chi connectivity index (χ0v) is 11.6. The Hall–Kier alpha value is -1.79. The zero-order valence-electron chi connectivity index (χ0n) is 11.6. The number of likely N-dealkylation sites (N-methyl/N-ethyl adjacent to an activating group) is 1. The van der Waals surface area contributed by atoms with Gasteiger partial charge in [-0.1, -0.05) is 17.3 Å². The van der Waals surface area contributed by atoms with E-state index < -0.39 is 5.60 Å². The van der Waals surface area contributed by atoms with Gasteiger partial charge in [-0.25, -0.2) is 0 Å². The van der Waals surface area contributed by atoms with Gasteiger partial charge in [0.15, 0.2) is 5.84 Å². The van der Waals surface area contributed by atoms with Crippen LogP contribution >= 0.6 is 0 Å². The number of amidine groups is 1. The highest BCUT2D eigenvalue weighted by atomic mass is 16.5. The summed E-state index contributed by atoms with van der Waals surface area (Å²) in [6, 6.07) is 7.38. The van der Waals surface area contributed by atoms with Gasteiger partial charge in [0.1, 0.15) is 0 Å². The van der Waals surface area contributed by atoms with Gasteiger partial charge in [-0.15, -0.1) is 0 Å². The highest BCUT2D eigenvalue weighted by Crippen LogP contribution is 2.26. The van der Waals surface area contributed by atoms with E-state index in [-0.39, 0.29) is 5.84 Å². The summed E-state index contributed by atoms with van der Waals surface area (Å²) in [5, 5.41) is 22.5. The number of rotatable bonds is 4. The quantitative estimate of drug-likeness (QED) is 0.327. The molecule has 0 amide bonds. The number of ether oxygens (including phenoxy) is 1. The second-order valence-electron chi connectivity index (χ2n) is 5.20. The molecule has 6 nitrogen and oxygen atoms in total. The van der Waals surface area contributed by atoms with Crippen LogP contribution in [0, 0.1) is 0 Å². The van der Waals surface area contributed by atoms with Gasteiger partial charge in [0.05, 0.1) is 5.60 Å². The maximum atomic E-state index is 10.6. The lowest BCUT2D eigenvalue weighted by atomic mass is 9.93. The molecule has 1 heterocycles. The predicted molar refractivity (Wildman–Crippen MR) is 77.2 cm³/mol. The van der Waals surface area contributed by atoms with Crippen LogP contribution in [0.15, 0.2) is 29.4 Å². The Morgan fingerprint density at radius 1 is 1.40 bits per heavy atom. The van der Waals surface area contributed by atoms with Crippen LogP contribution in [0.1, 0.15) is 18.4 Å². The molecule has 1 aliphatic heterocycles. The molecule has 1 aromatic rings. The first-order valence-corrected chi connectivity index (χ1v) is 6.64. The third-order valence-corrected chi connectivity index (χ3v) is 3.65. The minimum Gasteiger partial charge on any atom is -0.409 e. The van der Waals surface area contributed by atoms with Gasteiger partial charge in [-0.05, 0) is 12.1 Å². The zero-order chi connectivity index (χ0) is 14.6. The molecule has 0 atom stereocenters. The summed E-state index contributed by atoms with van der Waals surface area (Å²) in [6.45, 7) is 1.63. The van der Waals surface area contributed by atoms with E-state index in [9.17, 15) is 5.11 Å². The minimum atomic E-state index is -0.759. The van der Waals surface area contributed by atoms with Gasteiger partial charge in [0, 0.05) is 50.9 Å². The molecular weight excluding hydrogens is 258 g/mol. The lowest BCUT2D eigenvalue weighted by molar-refractivity contribution is -0.0572. The second-order valence-corrected chi connectivity index (χ2v) is 5.20. The number of aliphatic hydroxyl groups is 1. The molecule has 0 aromatic heterocycles. The molecule has 1 saturated heterocycles. The molecule has 4 N–H and O–H groups in total. The fraction of sp³-hybridized carbons (Fsp3) is 0.500. The number of oxime groups is 1. The average Bonchev–Trinajstić information content (AvgIpc) is 2.46. The molecule has 0 radical (unpaired) electrons. The molecule has 20 heavy (non-hydrogen) atoms. The van der Waals surface area contributed by atoms with Gasteiger partial charge >= 0.3 is 0 Å². The van der Waals surface area contributed by atoms with Gasteiger partial charge in [0.25, 0.3) is 0 Å². The third kappa shape index (κ3) is 3.20. The lowest BCUT2D eigenvalue weighted by Gasteiger charge is -2.36. The van der Waals surface area contributed by atoms with Crippen LogP contribution in [0.4, 0.5) is 5.69 Å². The standard InChI is InChI=1S/C14H21N3O3/c1-17(10-14(18)6-8-20-9-7-14)12-5-3-2-4-11(12)13(15)16-19/h2-5,18-19H,6-10H2,1H3,(H2,15,16). The second kappa shape index (κ2) is 6.11. The maximum Gasteiger partial charge on any atom is 0.172 e. The number of hydrogen-bond donors (Lipinski definition) is 3. The van der Waals surface area contributed by atoms with Crippen LogP contribution in [0.3, 0.4) is 0 Å². The van der Waals surface area contributed by atoms with Crippen molar-refractivity contribution >= 4 is 11.5 Å². The van der Waals surface area contributed by atoms with Crippen LogP contribution in [0.5, 0.6) is 0 Å². The summed E-state index contributed by atoms with van der Waals surface area (Å²) < 4.78 is 5.28. The maximum absolute atomic E-state index is 10.6. The van der Waals surface area contributed by atoms with Crippen molar-refractivity contribution in [1.82, 2.24) is 0 Å². The first kappa shape index (κ1) is 14.6. The van der Waals surface area contributed by atoms with Crippen molar-refractivity contribution in [2.45, 2.75) is 18.4 Å². The molecule has 1 aliphatic rings. The number of anilines is 1. The summed E-state index contributed by atoms with van der Waals surface area (Å²) in [5.41, 5.74) is 6.40. The Morgan fingerprint density at radius 2 is 2.05 bits per heavy atom. The van der Waals surface area contributed by atoms with E-state index in [1.807, 2.05) is 30.1 Å². The van der Waals surface area contributed by atoms with E-state index in [1.54, 1.807) is 6.07 Å². The Morgan fingerprint density at radius 3 is 2.70 bits per heavy atom. The van der Waals surface area contributed by atoms with Gasteiger partial charge in [0.2, 0.25) is 0 Å². The van der Waals surface area contributed by atoms with Crippen molar-refractivity contribution < 1.29 is 15.1 Å². The molecule has 0 saturated carbocycles. The van der Waals surface area contributed by atoms with Crippen LogP contribution in [-0.4, -0.2) is 48.6 Å². The number of benzene rings is 1. The van der Waals surface area contributed by atoms with Crippen molar-refractivity contribution in [1.29, 1.82) is 0 Å². The van der Waals surface area contributed by atoms with E-state index >= 15 is 0 Å². The van der Waals surface area contributed by atoms with E-state index in [0.29, 0.717) is 38.2 Å². The van der Waals surface area contributed by atoms with Crippen LogP contribution in [-0.2, 0) is 4.74 Å². The predicted octanol–water partition coefficient (Wildman–Crippen LogP) is 0.759. The third-order valence-electron chi connectivity index (χ3n) is 3.65. The Labute approximate surface area is 118 Å². The first-order chi connectivity index (χ1) is 9.56. The molecule has 6 heteroatoms. The number of nitrogens with zero attached hydrogens (tertiary/aromatic N) is 2. The molecule has 0 unspecified atom stereocenters. The summed E-state index contributed by atoms with van der Waals surface area (Å²) >= 11 is 0. The Balaban J connectivity index is 2.19. The van der Waals surface area contributed by atoms with Gasteiger partial charge < -0.3 is 25.7 Å². The van der Waals surface area contributed by atoms with Crippen LogP contribution in [0.25, 0.3) is 0 Å². The van der Waals surface area contributed by atoms with Crippen molar-refractivity contribution in [3.63, 3.8) is 0 Å². The topological polar surface area (TPSA) is 91.3 Å².